The lowest BCUT2D eigenvalue weighted by molar-refractivity contribution is -0.147. The van der Waals surface area contributed by atoms with E-state index in [9.17, 15) is 22.8 Å². The fourth-order valence-corrected chi connectivity index (χ4v) is 5.87. The number of thiazole rings is 1. The summed E-state index contributed by atoms with van der Waals surface area (Å²) in [6.45, 7) is 1.98. The molecule has 15 heteroatoms. The van der Waals surface area contributed by atoms with E-state index in [1.165, 1.54) is 36.6 Å². The molecule has 222 valence electrons. The Morgan fingerprint density at radius 3 is 2.62 bits per heavy atom. The lowest BCUT2D eigenvalue weighted by Crippen LogP contribution is -2.58. The summed E-state index contributed by atoms with van der Waals surface area (Å²) in [5.74, 6) is -1.00. The number of carbonyl (C=O) groups is 2. The van der Waals surface area contributed by atoms with Crippen molar-refractivity contribution in [1.82, 2.24) is 25.0 Å². The predicted molar refractivity (Wildman–Crippen MR) is 149 cm³/mol. The van der Waals surface area contributed by atoms with E-state index in [0.717, 1.165) is 12.3 Å². The van der Waals surface area contributed by atoms with Gasteiger partial charge in [0, 0.05) is 46.1 Å². The third-order valence-electron chi connectivity index (χ3n) is 6.60. The highest BCUT2D eigenvalue weighted by atomic mass is 35.5. The molecule has 4 heterocycles. The van der Waals surface area contributed by atoms with E-state index in [2.05, 4.69) is 15.4 Å². The minimum atomic E-state index is -2.92. The molecule has 10 nitrogen and oxygen atoms in total. The number of ether oxygens (including phenoxy) is 2. The maximum atomic E-state index is 14.1. The van der Waals surface area contributed by atoms with Crippen LogP contribution in [0.2, 0.25) is 5.02 Å². The Bertz CT molecular complexity index is 1590. The normalized spacial score (nSPS) is 20.5. The Balaban J connectivity index is 1.74. The van der Waals surface area contributed by atoms with Crippen molar-refractivity contribution >= 4 is 46.4 Å². The van der Waals surface area contributed by atoms with Gasteiger partial charge < -0.3 is 19.7 Å². The largest absolute Gasteiger partial charge is 0.467 e. The number of alkyl halides is 2. The van der Waals surface area contributed by atoms with Gasteiger partial charge in [-0.15, -0.1) is 11.3 Å². The molecule has 2 atom stereocenters. The predicted octanol–water partition coefficient (Wildman–Crippen LogP) is 5.58. The van der Waals surface area contributed by atoms with Crippen molar-refractivity contribution in [3.63, 3.8) is 0 Å². The Labute approximate surface area is 247 Å². The summed E-state index contributed by atoms with van der Waals surface area (Å²) < 4.78 is 52.3. The molecule has 2 aliphatic heterocycles. The molecule has 3 aromatic rings. The lowest BCUT2D eigenvalue weighted by Gasteiger charge is -2.32. The zero-order valence-electron chi connectivity index (χ0n) is 22.9. The molecule has 1 N–H and O–H groups in total. The van der Waals surface area contributed by atoms with Crippen LogP contribution in [0, 0.1) is 5.82 Å². The number of amidine groups is 1. The van der Waals surface area contributed by atoms with Gasteiger partial charge in [0.1, 0.15) is 17.5 Å². The van der Waals surface area contributed by atoms with Crippen molar-refractivity contribution in [2.24, 2.45) is 4.99 Å². The second kappa shape index (κ2) is 11.1. The van der Waals surface area contributed by atoms with Crippen molar-refractivity contribution in [1.29, 1.82) is 0 Å². The second-order valence-electron chi connectivity index (χ2n) is 10.6. The third-order valence-corrected chi connectivity index (χ3v) is 7.69. The van der Waals surface area contributed by atoms with Crippen LogP contribution in [0.3, 0.4) is 0 Å². The summed E-state index contributed by atoms with van der Waals surface area (Å²) in [4.78, 5) is 37.4. The van der Waals surface area contributed by atoms with Crippen LogP contribution < -0.4 is 5.32 Å². The van der Waals surface area contributed by atoms with E-state index in [-0.39, 0.29) is 23.7 Å². The molecular formula is C27H26ClF3N6O4S. The summed E-state index contributed by atoms with van der Waals surface area (Å²) in [5.41, 5.74) is -1.27. The van der Waals surface area contributed by atoms with Crippen molar-refractivity contribution in [2.75, 3.05) is 13.7 Å². The highest BCUT2D eigenvalue weighted by molar-refractivity contribution is 7.11. The number of alkyl carbamates (subject to hydrolysis) is 1. The first-order valence-electron chi connectivity index (χ1n) is 12.7. The third kappa shape index (κ3) is 5.60. The smallest absolute Gasteiger partial charge is 0.408 e. The van der Waals surface area contributed by atoms with Gasteiger partial charge in [-0.3, -0.25) is 4.99 Å². The van der Waals surface area contributed by atoms with E-state index < -0.39 is 41.6 Å². The minimum Gasteiger partial charge on any atom is -0.467 e. The fraction of sp³-hybridized carbons (Fsp3) is 0.370. The number of esters is 1. The number of nitrogens with one attached hydrogen (secondary N) is 1. The summed E-state index contributed by atoms with van der Waals surface area (Å²) >= 11 is 7.77. The van der Waals surface area contributed by atoms with E-state index >= 15 is 0 Å². The molecule has 0 bridgehead atoms. The van der Waals surface area contributed by atoms with Crippen molar-refractivity contribution in [3.8, 4) is 0 Å². The molecule has 1 saturated heterocycles. The molecule has 0 radical (unpaired) electrons. The highest BCUT2D eigenvalue weighted by Crippen LogP contribution is 2.48. The van der Waals surface area contributed by atoms with E-state index in [4.69, 9.17) is 26.1 Å². The van der Waals surface area contributed by atoms with Gasteiger partial charge in [-0.2, -0.15) is 13.9 Å². The first kappa shape index (κ1) is 29.6. The van der Waals surface area contributed by atoms with Crippen LogP contribution in [-0.4, -0.2) is 62.4 Å². The number of rotatable bonds is 6. The average Bonchev–Trinajstić information content (AvgIpc) is 3.66. The Kier molecular flexibility index (Phi) is 7.79. The van der Waals surface area contributed by atoms with Crippen molar-refractivity contribution in [3.05, 3.63) is 74.8 Å². The molecular weight excluding hydrogens is 597 g/mol. The Morgan fingerprint density at radius 2 is 2.02 bits per heavy atom. The lowest BCUT2D eigenvalue weighted by atomic mass is 9.90. The standard InChI is InChI=1S/C27H26ClF3N6O4S/c1-26(2,3)41-25(39)34-27(23(38)40-4)12-18-19(17-7-9-37(35-17)24(30)31)20(15-6-5-14(29)11-16(15)28)33-21(36(18)13-27)22-32-8-10-42-22/h5-11,20,24H,12-13H2,1-4H3,(H,34,39)/t20-,27-/m0/s1. The Morgan fingerprint density at radius 1 is 1.26 bits per heavy atom. The molecule has 0 spiro atoms. The van der Waals surface area contributed by atoms with Crippen LogP contribution in [0.5, 0.6) is 0 Å². The molecule has 2 aromatic heterocycles. The van der Waals surface area contributed by atoms with Gasteiger partial charge >= 0.3 is 18.6 Å². The maximum Gasteiger partial charge on any atom is 0.408 e. The molecule has 0 aliphatic carbocycles. The number of fused-ring (bicyclic) bond motifs is 1. The molecule has 0 unspecified atom stereocenters. The number of aromatic nitrogens is 3. The van der Waals surface area contributed by atoms with Crippen LogP contribution >= 0.6 is 22.9 Å². The summed E-state index contributed by atoms with van der Waals surface area (Å²) in [5, 5.41) is 9.03. The van der Waals surface area contributed by atoms with Gasteiger partial charge in [0.15, 0.2) is 16.4 Å². The van der Waals surface area contributed by atoms with Crippen LogP contribution in [0.25, 0.3) is 5.57 Å². The van der Waals surface area contributed by atoms with Crippen LogP contribution in [0.4, 0.5) is 18.0 Å². The molecule has 0 saturated carbocycles. The number of nitrogens with zero attached hydrogens (tertiary/aromatic N) is 5. The summed E-state index contributed by atoms with van der Waals surface area (Å²) in [7, 11) is 1.19. The number of aliphatic imine (C=N–C) groups is 1. The van der Waals surface area contributed by atoms with Gasteiger partial charge in [0.05, 0.1) is 19.3 Å². The number of methoxy groups -OCH3 is 1. The Hall–Kier alpha value is -3.91. The number of hydrogen-bond donors (Lipinski definition) is 1. The number of hydrogen-bond acceptors (Lipinski definition) is 9. The number of benzene rings is 1. The zero-order chi connectivity index (χ0) is 30.4. The second-order valence-corrected chi connectivity index (χ2v) is 11.9. The molecule has 1 aromatic carbocycles. The van der Waals surface area contributed by atoms with E-state index in [1.807, 2.05) is 0 Å². The first-order chi connectivity index (χ1) is 19.8. The first-order valence-corrected chi connectivity index (χ1v) is 13.9. The van der Waals surface area contributed by atoms with Gasteiger partial charge in [-0.1, -0.05) is 17.7 Å². The van der Waals surface area contributed by atoms with Crippen LogP contribution in [-0.2, 0) is 14.3 Å². The van der Waals surface area contributed by atoms with Gasteiger partial charge in [0.25, 0.3) is 0 Å². The summed E-state index contributed by atoms with van der Waals surface area (Å²) in [6.07, 6.45) is 1.69. The zero-order valence-corrected chi connectivity index (χ0v) is 24.5. The minimum absolute atomic E-state index is 0.0474. The number of amides is 1. The van der Waals surface area contributed by atoms with Crippen LogP contribution in [0.15, 0.2) is 52.7 Å². The molecule has 42 heavy (non-hydrogen) atoms. The topological polar surface area (TPSA) is 111 Å². The molecule has 1 amide bonds. The fourth-order valence-electron chi connectivity index (χ4n) is 4.96. The average molecular weight is 623 g/mol. The quantitative estimate of drug-likeness (QED) is 0.357. The maximum absolute atomic E-state index is 14.1. The van der Waals surface area contributed by atoms with Gasteiger partial charge in [-0.05, 0) is 39.0 Å². The monoisotopic (exact) mass is 622 g/mol. The molecule has 5 rings (SSSR count). The van der Waals surface area contributed by atoms with E-state index in [1.54, 1.807) is 37.2 Å². The van der Waals surface area contributed by atoms with Crippen LogP contribution in [0.1, 0.15) is 56.0 Å². The van der Waals surface area contributed by atoms with Gasteiger partial charge in [-0.25, -0.2) is 23.6 Å². The number of halogens is 4. The molecule has 2 aliphatic rings. The van der Waals surface area contributed by atoms with Crippen molar-refractivity contribution in [2.45, 2.75) is 50.9 Å². The van der Waals surface area contributed by atoms with E-state index in [0.29, 0.717) is 32.4 Å². The highest BCUT2D eigenvalue weighted by Gasteiger charge is 2.54. The SMILES string of the molecule is COC(=O)[C@]1(NC(=O)OC(C)(C)C)CC2=C(c3ccn(C(F)F)n3)[C@H](c3ccc(F)cc3Cl)N=C(c3nccs3)N2C1. The molecule has 1 fully saturated rings. The number of carbonyl (C=O) groups excluding carboxylic acids is 2. The summed E-state index contributed by atoms with van der Waals surface area (Å²) in [6, 6.07) is 4.22. The van der Waals surface area contributed by atoms with Crippen molar-refractivity contribution < 1.29 is 32.2 Å². The van der Waals surface area contributed by atoms with Gasteiger partial charge in [0.2, 0.25) is 0 Å².